The lowest BCUT2D eigenvalue weighted by Gasteiger charge is -2.39. The van der Waals surface area contributed by atoms with Gasteiger partial charge in [0, 0.05) is 62.6 Å². The summed E-state index contributed by atoms with van der Waals surface area (Å²) < 4.78 is 19.9. The van der Waals surface area contributed by atoms with Crippen molar-refractivity contribution < 1.29 is 9.30 Å². The van der Waals surface area contributed by atoms with Gasteiger partial charge in [0.1, 0.15) is 24.2 Å². The largest absolute Gasteiger partial charge is 0.494 e. The van der Waals surface area contributed by atoms with Crippen LogP contribution >= 0.6 is 23.1 Å². The first-order valence-corrected chi connectivity index (χ1v) is 19.2. The number of aromatic nitrogens is 4. The van der Waals surface area contributed by atoms with Crippen LogP contribution in [0.1, 0.15) is 24.8 Å². The average Bonchev–Trinajstić information content (AvgIpc) is 3.26. The summed E-state index contributed by atoms with van der Waals surface area (Å²) in [4.78, 5) is 25.8. The number of nitrogens with one attached hydrogen (secondary N) is 2. The molecule has 6 rings (SSSR count). The number of nitrogens with zero attached hydrogens (tertiary/aromatic N) is 7. The van der Waals surface area contributed by atoms with E-state index in [9.17, 15) is 4.57 Å². The van der Waals surface area contributed by atoms with E-state index in [2.05, 4.69) is 82.3 Å². The lowest BCUT2D eigenvalue weighted by molar-refractivity contribution is 0.174. The Balaban J connectivity index is 1.20. The maximum atomic E-state index is 13.4. The van der Waals surface area contributed by atoms with Crippen molar-refractivity contribution in [1.82, 2.24) is 29.7 Å². The van der Waals surface area contributed by atoms with Gasteiger partial charge < -0.3 is 29.7 Å². The number of fused-ring (bicyclic) bond motifs is 1. The number of hydrogen-bond acceptors (Lipinski definition) is 11. The molecule has 0 spiro atoms. The summed E-state index contributed by atoms with van der Waals surface area (Å²) in [5.41, 5.74) is 5.12. The molecule has 2 N–H and O–H groups in total. The van der Waals surface area contributed by atoms with E-state index in [0.717, 1.165) is 36.6 Å². The molecule has 2 aliphatic heterocycles. The molecule has 0 atom stereocenters. The van der Waals surface area contributed by atoms with E-state index >= 15 is 0 Å². The lowest BCUT2D eigenvalue weighted by Crippen LogP contribution is -2.46. The van der Waals surface area contributed by atoms with Crippen molar-refractivity contribution in [2.24, 2.45) is 0 Å². The van der Waals surface area contributed by atoms with Crippen LogP contribution in [0.15, 0.2) is 47.3 Å². The second-order valence-corrected chi connectivity index (χ2v) is 16.6. The molecular formula is C33H43BrN9O2P. The molecule has 0 radical (unpaired) electrons. The average molecular weight is 709 g/mol. The zero-order chi connectivity index (χ0) is 32.4. The van der Waals surface area contributed by atoms with Gasteiger partial charge in [-0.25, -0.2) is 4.98 Å². The third kappa shape index (κ3) is 7.15. The minimum absolute atomic E-state index is 0.401. The van der Waals surface area contributed by atoms with Gasteiger partial charge in [-0.2, -0.15) is 4.98 Å². The van der Waals surface area contributed by atoms with Crippen molar-refractivity contribution in [1.29, 1.82) is 0 Å². The molecule has 2 aromatic carbocycles. The van der Waals surface area contributed by atoms with Crippen molar-refractivity contribution >= 4 is 68.2 Å². The maximum absolute atomic E-state index is 13.4. The minimum atomic E-state index is -2.73. The maximum Gasteiger partial charge on any atom is 0.229 e. The number of hydrogen-bond donors (Lipinski definition) is 2. The van der Waals surface area contributed by atoms with E-state index < -0.39 is 7.14 Å². The molecule has 2 aliphatic rings. The summed E-state index contributed by atoms with van der Waals surface area (Å²) in [6.45, 7) is 12.4. The molecule has 4 aromatic rings. The Bertz CT molecular complexity index is 1760. The first kappa shape index (κ1) is 32.6. The van der Waals surface area contributed by atoms with Crippen LogP contribution in [0.3, 0.4) is 0 Å². The number of anilines is 5. The SMILES string of the molecule is COc1cc(N2CCC(N3CCCN(C)CC3)CC2)c(C)cc1Nc1ncc(Br)c(Nc2ccc3nccnc3c2P(C)(C)=O)n1. The van der Waals surface area contributed by atoms with Crippen molar-refractivity contribution in [2.75, 3.05) is 82.3 Å². The van der Waals surface area contributed by atoms with Gasteiger partial charge in [0.2, 0.25) is 5.95 Å². The summed E-state index contributed by atoms with van der Waals surface area (Å²) in [6.07, 6.45) is 8.54. The molecule has 11 nitrogen and oxygen atoms in total. The zero-order valence-electron chi connectivity index (χ0n) is 27.3. The molecule has 0 saturated carbocycles. The Morgan fingerprint density at radius 2 is 1.74 bits per heavy atom. The second kappa shape index (κ2) is 13.8. The van der Waals surface area contributed by atoms with Gasteiger partial charge in [0.25, 0.3) is 0 Å². The van der Waals surface area contributed by atoms with Crippen molar-refractivity contribution in [3.8, 4) is 5.75 Å². The number of methoxy groups -OCH3 is 1. The fourth-order valence-corrected chi connectivity index (χ4v) is 8.30. The number of rotatable bonds is 8. The molecule has 2 aromatic heterocycles. The summed E-state index contributed by atoms with van der Waals surface area (Å²) in [5.74, 6) is 1.66. The fraction of sp³-hybridized carbons (Fsp3) is 0.455. The molecule has 2 saturated heterocycles. The van der Waals surface area contributed by atoms with Crippen LogP contribution in [0.4, 0.5) is 28.8 Å². The van der Waals surface area contributed by atoms with E-state index in [4.69, 9.17) is 9.72 Å². The Morgan fingerprint density at radius 1 is 0.957 bits per heavy atom. The van der Waals surface area contributed by atoms with E-state index in [0.29, 0.717) is 44.3 Å². The van der Waals surface area contributed by atoms with Gasteiger partial charge in [0.15, 0.2) is 0 Å². The highest BCUT2D eigenvalue weighted by molar-refractivity contribution is 9.10. The summed E-state index contributed by atoms with van der Waals surface area (Å²) in [5, 5.41) is 7.37. The summed E-state index contributed by atoms with van der Waals surface area (Å²) in [6, 6.07) is 8.62. The zero-order valence-corrected chi connectivity index (χ0v) is 29.7. The van der Waals surface area contributed by atoms with Gasteiger partial charge in [0.05, 0.1) is 33.8 Å². The number of ether oxygens (including phenoxy) is 1. The summed E-state index contributed by atoms with van der Waals surface area (Å²) >= 11 is 3.58. The third-order valence-electron chi connectivity index (χ3n) is 8.99. The standard InChI is InChI=1S/C33H43BrN9O2P/c1-22-19-27(29(45-3)20-28(22)43-15-9-23(10-16-43)42-14-6-13-41(2)17-18-42)39-33-37-21-24(34)32(40-33)38-26-8-7-25-30(36-12-11-35-25)31(26)46(4,5)44/h7-8,11-12,19-21,23H,6,9-10,13-18H2,1-5H3,(H2,37,38,39,40). The van der Waals surface area contributed by atoms with E-state index in [1.54, 1.807) is 39.0 Å². The highest BCUT2D eigenvalue weighted by Gasteiger charge is 2.27. The number of piperidine rings is 1. The minimum Gasteiger partial charge on any atom is -0.494 e. The van der Waals surface area contributed by atoms with Crippen LogP contribution in [-0.4, -0.2) is 103 Å². The predicted octanol–water partition coefficient (Wildman–Crippen LogP) is 5.84. The normalized spacial score (nSPS) is 17.2. The Labute approximate surface area is 279 Å². The first-order valence-electron chi connectivity index (χ1n) is 15.8. The Hall–Kier alpha value is -3.31. The first-order chi connectivity index (χ1) is 22.1. The van der Waals surface area contributed by atoms with E-state index in [-0.39, 0.29) is 0 Å². The predicted molar refractivity (Wildman–Crippen MR) is 192 cm³/mol. The lowest BCUT2D eigenvalue weighted by atomic mass is 10.0. The highest BCUT2D eigenvalue weighted by Crippen LogP contribution is 2.41. The van der Waals surface area contributed by atoms with E-state index in [1.807, 2.05) is 12.1 Å². The molecular weight excluding hydrogens is 665 g/mol. The van der Waals surface area contributed by atoms with Crippen molar-refractivity contribution in [2.45, 2.75) is 32.2 Å². The highest BCUT2D eigenvalue weighted by atomic mass is 79.9. The van der Waals surface area contributed by atoms with Crippen LogP contribution in [0.2, 0.25) is 0 Å². The van der Waals surface area contributed by atoms with Gasteiger partial charge >= 0.3 is 0 Å². The number of likely N-dealkylation sites (N-methyl/N-ethyl adjacent to an activating group) is 1. The van der Waals surface area contributed by atoms with Crippen LogP contribution in [-0.2, 0) is 4.57 Å². The van der Waals surface area contributed by atoms with Crippen LogP contribution in [0.5, 0.6) is 5.75 Å². The number of benzene rings is 2. The van der Waals surface area contributed by atoms with Gasteiger partial charge in [-0.3, -0.25) is 14.9 Å². The molecule has 13 heteroatoms. The van der Waals surface area contributed by atoms with Crippen molar-refractivity contribution in [3.05, 3.63) is 52.9 Å². The van der Waals surface area contributed by atoms with Gasteiger partial charge in [-0.1, -0.05) is 0 Å². The second-order valence-electron chi connectivity index (χ2n) is 12.6. The van der Waals surface area contributed by atoms with Crippen LogP contribution < -0.4 is 25.6 Å². The molecule has 0 unspecified atom stereocenters. The molecule has 0 amide bonds. The smallest absolute Gasteiger partial charge is 0.229 e. The Kier molecular flexibility index (Phi) is 9.80. The van der Waals surface area contributed by atoms with Gasteiger partial charge in [-0.05, 0) is 99.3 Å². The number of aryl methyl sites for hydroxylation is 1. The molecule has 0 bridgehead atoms. The summed E-state index contributed by atoms with van der Waals surface area (Å²) in [7, 11) is 1.19. The molecule has 2 fully saturated rings. The molecule has 46 heavy (non-hydrogen) atoms. The molecule has 244 valence electrons. The Morgan fingerprint density at radius 3 is 2.50 bits per heavy atom. The van der Waals surface area contributed by atoms with Crippen LogP contribution in [0.25, 0.3) is 11.0 Å². The molecule has 4 heterocycles. The van der Waals surface area contributed by atoms with Crippen molar-refractivity contribution in [3.63, 3.8) is 0 Å². The van der Waals surface area contributed by atoms with E-state index in [1.165, 1.54) is 44.6 Å². The monoisotopic (exact) mass is 707 g/mol. The molecule has 0 aliphatic carbocycles. The topological polar surface area (TPSA) is 112 Å². The van der Waals surface area contributed by atoms with Crippen LogP contribution in [0, 0.1) is 6.92 Å². The number of halogens is 1. The van der Waals surface area contributed by atoms with Gasteiger partial charge in [-0.15, -0.1) is 0 Å². The third-order valence-corrected chi connectivity index (χ3v) is 11.1. The quantitative estimate of drug-likeness (QED) is 0.216. The fourth-order valence-electron chi connectivity index (χ4n) is 6.62.